The molecule has 1 fully saturated rings. The van der Waals surface area contributed by atoms with Crippen molar-refractivity contribution in [1.29, 1.82) is 0 Å². The standard InChI is InChI=1S/C19H22N6O2S/c1-13-9-24(10-14(2)27-13)17(26)12-25-11-16(8-20-25)21-19-22-18(23-28-19)15-6-4-3-5-7-15/h3-8,11,13-14H,9-10,12H2,1-2H3,(H,21,22,23). The van der Waals surface area contributed by atoms with E-state index in [1.165, 1.54) is 11.5 Å². The van der Waals surface area contributed by atoms with Crippen molar-refractivity contribution in [3.63, 3.8) is 0 Å². The first-order valence-corrected chi connectivity index (χ1v) is 9.96. The second-order valence-electron chi connectivity index (χ2n) is 6.90. The van der Waals surface area contributed by atoms with Gasteiger partial charge < -0.3 is 15.0 Å². The number of morpholine rings is 1. The van der Waals surface area contributed by atoms with E-state index >= 15 is 0 Å². The number of anilines is 2. The molecular formula is C19H22N6O2S. The maximum absolute atomic E-state index is 12.6. The van der Waals surface area contributed by atoms with E-state index in [0.717, 1.165) is 11.3 Å². The van der Waals surface area contributed by atoms with Gasteiger partial charge in [-0.1, -0.05) is 30.3 Å². The van der Waals surface area contributed by atoms with Gasteiger partial charge in [0.1, 0.15) is 6.54 Å². The van der Waals surface area contributed by atoms with Gasteiger partial charge in [-0.05, 0) is 13.8 Å². The quantitative estimate of drug-likeness (QED) is 0.711. The van der Waals surface area contributed by atoms with E-state index in [9.17, 15) is 4.79 Å². The van der Waals surface area contributed by atoms with Gasteiger partial charge >= 0.3 is 0 Å². The van der Waals surface area contributed by atoms with E-state index < -0.39 is 0 Å². The minimum Gasteiger partial charge on any atom is -0.372 e. The lowest BCUT2D eigenvalue weighted by molar-refractivity contribution is -0.144. The first-order chi connectivity index (χ1) is 13.6. The highest BCUT2D eigenvalue weighted by atomic mass is 32.1. The Labute approximate surface area is 167 Å². The first kappa shape index (κ1) is 18.6. The Morgan fingerprint density at radius 3 is 2.75 bits per heavy atom. The number of aromatic nitrogens is 4. The van der Waals surface area contributed by atoms with Gasteiger partial charge in [0.2, 0.25) is 11.0 Å². The zero-order valence-corrected chi connectivity index (χ0v) is 16.6. The Kier molecular flexibility index (Phi) is 5.36. The summed E-state index contributed by atoms with van der Waals surface area (Å²) < 4.78 is 11.7. The van der Waals surface area contributed by atoms with Crippen molar-refractivity contribution >= 4 is 28.3 Å². The summed E-state index contributed by atoms with van der Waals surface area (Å²) >= 11 is 1.29. The van der Waals surface area contributed by atoms with Gasteiger partial charge in [0.05, 0.1) is 24.1 Å². The predicted octanol–water partition coefficient (Wildman–Crippen LogP) is 2.78. The molecule has 1 N–H and O–H groups in total. The van der Waals surface area contributed by atoms with Gasteiger partial charge in [0, 0.05) is 36.4 Å². The number of ether oxygens (including phenoxy) is 1. The molecule has 0 saturated carbocycles. The Hall–Kier alpha value is -2.78. The summed E-state index contributed by atoms with van der Waals surface area (Å²) in [5.41, 5.74) is 1.74. The number of benzene rings is 1. The van der Waals surface area contributed by atoms with Crippen LogP contribution in [0.4, 0.5) is 10.8 Å². The Morgan fingerprint density at radius 2 is 2.00 bits per heavy atom. The molecule has 0 bridgehead atoms. The van der Waals surface area contributed by atoms with E-state index in [1.54, 1.807) is 17.1 Å². The molecule has 3 aromatic rings. The zero-order chi connectivity index (χ0) is 19.5. The van der Waals surface area contributed by atoms with Gasteiger partial charge in [0.25, 0.3) is 0 Å². The lowest BCUT2D eigenvalue weighted by Gasteiger charge is -2.35. The highest BCUT2D eigenvalue weighted by molar-refractivity contribution is 7.09. The molecular weight excluding hydrogens is 376 g/mol. The van der Waals surface area contributed by atoms with Crippen molar-refractivity contribution in [2.75, 3.05) is 18.4 Å². The Bertz CT molecular complexity index is 931. The second-order valence-corrected chi connectivity index (χ2v) is 7.65. The average molecular weight is 398 g/mol. The minimum atomic E-state index is 0.0407. The molecule has 1 amide bonds. The van der Waals surface area contributed by atoms with Crippen LogP contribution in [0, 0.1) is 0 Å². The molecule has 8 nitrogen and oxygen atoms in total. The molecule has 0 aliphatic carbocycles. The van der Waals surface area contributed by atoms with E-state index in [0.29, 0.717) is 24.0 Å². The van der Waals surface area contributed by atoms with Crippen molar-refractivity contribution in [3.05, 3.63) is 42.7 Å². The zero-order valence-electron chi connectivity index (χ0n) is 15.8. The molecule has 4 rings (SSSR count). The van der Waals surface area contributed by atoms with Crippen LogP contribution in [0.2, 0.25) is 0 Å². The number of carbonyl (C=O) groups excluding carboxylic acids is 1. The smallest absolute Gasteiger partial charge is 0.244 e. The fraction of sp³-hybridized carbons (Fsp3) is 0.368. The molecule has 1 saturated heterocycles. The van der Waals surface area contributed by atoms with Crippen LogP contribution in [0.1, 0.15) is 13.8 Å². The molecule has 9 heteroatoms. The van der Waals surface area contributed by atoms with Crippen LogP contribution < -0.4 is 5.32 Å². The summed E-state index contributed by atoms with van der Waals surface area (Å²) in [5, 5.41) is 8.16. The topological polar surface area (TPSA) is 85.2 Å². The van der Waals surface area contributed by atoms with Crippen LogP contribution in [0.5, 0.6) is 0 Å². The largest absolute Gasteiger partial charge is 0.372 e. The SMILES string of the molecule is CC1CN(C(=O)Cn2cc(Nc3nc(-c4ccccc4)ns3)cn2)CC(C)O1. The summed E-state index contributed by atoms with van der Waals surface area (Å²) in [6, 6.07) is 9.83. The molecule has 2 atom stereocenters. The number of amides is 1. The third kappa shape index (κ3) is 4.37. The number of nitrogens with one attached hydrogen (secondary N) is 1. The Morgan fingerprint density at radius 1 is 1.25 bits per heavy atom. The molecule has 1 aliphatic heterocycles. The average Bonchev–Trinajstić information content (AvgIpc) is 3.32. The number of hydrogen-bond donors (Lipinski definition) is 1. The summed E-state index contributed by atoms with van der Waals surface area (Å²) in [4.78, 5) is 18.9. The molecule has 0 spiro atoms. The Balaban J connectivity index is 1.37. The van der Waals surface area contributed by atoms with Crippen LogP contribution >= 0.6 is 11.5 Å². The first-order valence-electron chi connectivity index (χ1n) is 9.18. The summed E-state index contributed by atoms with van der Waals surface area (Å²) in [5.74, 6) is 0.727. The third-order valence-electron chi connectivity index (χ3n) is 4.41. The highest BCUT2D eigenvalue weighted by Gasteiger charge is 2.26. The van der Waals surface area contributed by atoms with Crippen molar-refractivity contribution in [1.82, 2.24) is 24.0 Å². The lowest BCUT2D eigenvalue weighted by Crippen LogP contribution is -2.49. The van der Waals surface area contributed by atoms with Crippen LogP contribution in [-0.2, 0) is 16.1 Å². The summed E-state index contributed by atoms with van der Waals surface area (Å²) in [6.07, 6.45) is 3.59. The molecule has 3 heterocycles. The number of hydrogen-bond acceptors (Lipinski definition) is 7. The third-order valence-corrected chi connectivity index (χ3v) is 5.04. The number of carbonyl (C=O) groups is 1. The van der Waals surface area contributed by atoms with Gasteiger partial charge in [-0.15, -0.1) is 0 Å². The van der Waals surface area contributed by atoms with Crippen molar-refractivity contribution in [2.45, 2.75) is 32.6 Å². The molecule has 0 radical (unpaired) electrons. The van der Waals surface area contributed by atoms with E-state index in [2.05, 4.69) is 19.8 Å². The second kappa shape index (κ2) is 8.07. The fourth-order valence-electron chi connectivity index (χ4n) is 3.24. The molecule has 1 aliphatic rings. The summed E-state index contributed by atoms with van der Waals surface area (Å²) in [6.45, 7) is 5.40. The fourth-order valence-corrected chi connectivity index (χ4v) is 3.85. The summed E-state index contributed by atoms with van der Waals surface area (Å²) in [7, 11) is 0. The maximum atomic E-state index is 12.6. The van der Waals surface area contributed by atoms with Crippen LogP contribution in [0.25, 0.3) is 11.4 Å². The highest BCUT2D eigenvalue weighted by Crippen LogP contribution is 2.23. The van der Waals surface area contributed by atoms with Gasteiger partial charge in [0.15, 0.2) is 5.82 Å². The minimum absolute atomic E-state index is 0.0407. The lowest BCUT2D eigenvalue weighted by atomic mass is 10.2. The number of nitrogens with zero attached hydrogens (tertiary/aromatic N) is 5. The van der Waals surface area contributed by atoms with E-state index in [1.807, 2.05) is 49.1 Å². The van der Waals surface area contributed by atoms with Crippen molar-refractivity contribution in [3.8, 4) is 11.4 Å². The molecule has 2 aromatic heterocycles. The molecule has 28 heavy (non-hydrogen) atoms. The van der Waals surface area contributed by atoms with E-state index in [4.69, 9.17) is 4.74 Å². The van der Waals surface area contributed by atoms with Crippen LogP contribution in [0.15, 0.2) is 42.7 Å². The van der Waals surface area contributed by atoms with Gasteiger partial charge in [-0.3, -0.25) is 9.48 Å². The number of rotatable bonds is 5. The van der Waals surface area contributed by atoms with Crippen LogP contribution in [0.3, 0.4) is 0 Å². The monoisotopic (exact) mass is 398 g/mol. The van der Waals surface area contributed by atoms with Gasteiger partial charge in [-0.2, -0.15) is 14.5 Å². The normalized spacial score (nSPS) is 19.6. The van der Waals surface area contributed by atoms with Crippen molar-refractivity contribution in [2.24, 2.45) is 0 Å². The predicted molar refractivity (Wildman–Crippen MR) is 107 cm³/mol. The molecule has 146 valence electrons. The van der Waals surface area contributed by atoms with Crippen molar-refractivity contribution < 1.29 is 9.53 Å². The van der Waals surface area contributed by atoms with E-state index in [-0.39, 0.29) is 24.7 Å². The van der Waals surface area contributed by atoms with Gasteiger partial charge in [-0.25, -0.2) is 0 Å². The van der Waals surface area contributed by atoms with Crippen LogP contribution in [-0.4, -0.2) is 55.2 Å². The molecule has 2 unspecified atom stereocenters. The maximum Gasteiger partial charge on any atom is 0.244 e. The molecule has 1 aromatic carbocycles.